The van der Waals surface area contributed by atoms with Crippen LogP contribution in [0.3, 0.4) is 0 Å². The Bertz CT molecular complexity index is 495. The number of halogens is 2. The van der Waals surface area contributed by atoms with Gasteiger partial charge in [0.05, 0.1) is 10.7 Å². The van der Waals surface area contributed by atoms with Crippen LogP contribution < -0.4 is 5.56 Å². The third-order valence-corrected chi connectivity index (χ3v) is 4.59. The normalized spacial score (nSPS) is 15.3. The molecule has 0 atom stereocenters. The van der Waals surface area contributed by atoms with Gasteiger partial charge in [-0.05, 0) is 44.7 Å². The first-order chi connectivity index (χ1) is 8.09. The first-order valence-electron chi connectivity index (χ1n) is 5.28. The molecule has 5 nitrogen and oxygen atoms in total. The molecule has 1 aromatic rings. The van der Waals surface area contributed by atoms with Crippen molar-refractivity contribution in [1.29, 1.82) is 0 Å². The van der Waals surface area contributed by atoms with Gasteiger partial charge in [-0.3, -0.25) is 9.59 Å². The second kappa shape index (κ2) is 5.30. The number of likely N-dealkylation sites (tertiary alicyclic amines) is 1. The molecule has 0 bridgehead atoms. The Labute approximate surface area is 115 Å². The minimum absolute atomic E-state index is 0.00468. The Morgan fingerprint density at radius 1 is 1.35 bits per heavy atom. The summed E-state index contributed by atoms with van der Waals surface area (Å²) in [6, 6.07) is 0. The lowest BCUT2D eigenvalue weighted by Gasteiger charge is -2.15. The molecular formula is C10H11Br2N3O2. The molecule has 1 aliphatic heterocycles. The second-order valence-corrected chi connectivity index (χ2v) is 5.50. The average molecular weight is 365 g/mol. The monoisotopic (exact) mass is 363 g/mol. The van der Waals surface area contributed by atoms with Crippen LogP contribution in [-0.4, -0.2) is 33.7 Å². The molecule has 2 rings (SSSR count). The van der Waals surface area contributed by atoms with Crippen molar-refractivity contribution >= 4 is 37.8 Å². The summed E-state index contributed by atoms with van der Waals surface area (Å²) in [6.07, 6.45) is 3.58. The molecule has 0 aliphatic carbocycles. The van der Waals surface area contributed by atoms with Crippen LogP contribution in [0.4, 0.5) is 0 Å². The molecule has 1 fully saturated rings. The van der Waals surface area contributed by atoms with Gasteiger partial charge in [0.15, 0.2) is 0 Å². The Kier molecular flexibility index (Phi) is 3.98. The first kappa shape index (κ1) is 12.8. The summed E-state index contributed by atoms with van der Waals surface area (Å²) < 4.78 is 2.16. The van der Waals surface area contributed by atoms with Crippen molar-refractivity contribution < 1.29 is 4.79 Å². The van der Waals surface area contributed by atoms with Gasteiger partial charge in [-0.25, -0.2) is 4.68 Å². The lowest BCUT2D eigenvalue weighted by atomic mass is 10.4. The van der Waals surface area contributed by atoms with Crippen LogP contribution in [0.1, 0.15) is 12.8 Å². The molecule has 0 radical (unpaired) electrons. The Balaban J connectivity index is 2.16. The topological polar surface area (TPSA) is 55.2 Å². The summed E-state index contributed by atoms with van der Waals surface area (Å²) in [5, 5.41) is 3.93. The van der Waals surface area contributed by atoms with E-state index in [9.17, 15) is 9.59 Å². The number of amides is 1. The minimum atomic E-state index is -0.299. The highest BCUT2D eigenvalue weighted by Crippen LogP contribution is 2.16. The number of carbonyl (C=O) groups excluding carboxylic acids is 1. The molecule has 0 spiro atoms. The summed E-state index contributed by atoms with van der Waals surface area (Å²) in [7, 11) is 0. The van der Waals surface area contributed by atoms with Crippen LogP contribution in [0.5, 0.6) is 0 Å². The van der Waals surface area contributed by atoms with Gasteiger partial charge in [-0.2, -0.15) is 5.10 Å². The zero-order chi connectivity index (χ0) is 12.4. The third-order valence-electron chi connectivity index (χ3n) is 2.69. The molecule has 1 aromatic heterocycles. The van der Waals surface area contributed by atoms with Gasteiger partial charge in [0.25, 0.3) is 5.56 Å². The quantitative estimate of drug-likeness (QED) is 0.796. The molecule has 0 saturated carbocycles. The van der Waals surface area contributed by atoms with Crippen LogP contribution in [-0.2, 0) is 11.3 Å². The number of rotatable bonds is 2. The van der Waals surface area contributed by atoms with Crippen LogP contribution in [0.2, 0.25) is 0 Å². The van der Waals surface area contributed by atoms with Gasteiger partial charge in [0, 0.05) is 13.1 Å². The number of hydrogen-bond acceptors (Lipinski definition) is 3. The van der Waals surface area contributed by atoms with E-state index < -0.39 is 0 Å². The van der Waals surface area contributed by atoms with Crippen LogP contribution in [0.25, 0.3) is 0 Å². The molecule has 1 aliphatic rings. The predicted molar refractivity (Wildman–Crippen MR) is 69.7 cm³/mol. The highest BCUT2D eigenvalue weighted by atomic mass is 79.9. The van der Waals surface area contributed by atoms with E-state index in [-0.39, 0.29) is 18.0 Å². The second-order valence-electron chi connectivity index (χ2n) is 3.86. The van der Waals surface area contributed by atoms with Gasteiger partial charge in [-0.1, -0.05) is 0 Å². The summed E-state index contributed by atoms with van der Waals surface area (Å²) in [5.74, 6) is -0.0497. The van der Waals surface area contributed by atoms with Crippen molar-refractivity contribution in [2.24, 2.45) is 0 Å². The molecule has 7 heteroatoms. The maximum atomic E-state index is 11.9. The van der Waals surface area contributed by atoms with Crippen LogP contribution in [0, 0.1) is 0 Å². The summed E-state index contributed by atoms with van der Waals surface area (Å²) in [4.78, 5) is 25.4. The van der Waals surface area contributed by atoms with Crippen LogP contribution in [0.15, 0.2) is 19.9 Å². The maximum Gasteiger partial charge on any atom is 0.282 e. The number of aromatic nitrogens is 2. The standard InChI is InChI=1S/C10H11Br2N3O2/c11-7-5-13-15(10(17)9(7)12)6-8(16)14-3-1-2-4-14/h5H,1-4,6H2. The fourth-order valence-electron chi connectivity index (χ4n) is 1.75. The van der Waals surface area contributed by atoms with Crippen molar-refractivity contribution in [2.75, 3.05) is 13.1 Å². The van der Waals surface area contributed by atoms with E-state index in [0.717, 1.165) is 25.9 Å². The van der Waals surface area contributed by atoms with Gasteiger partial charge in [-0.15, -0.1) is 0 Å². The zero-order valence-corrected chi connectivity index (χ0v) is 12.2. The van der Waals surface area contributed by atoms with Gasteiger partial charge >= 0.3 is 0 Å². The Morgan fingerprint density at radius 3 is 2.65 bits per heavy atom. The third kappa shape index (κ3) is 2.77. The van der Waals surface area contributed by atoms with Crippen molar-refractivity contribution in [3.63, 3.8) is 0 Å². The predicted octanol–water partition coefficient (Wildman–Crippen LogP) is 1.39. The number of hydrogen-bond donors (Lipinski definition) is 0. The highest BCUT2D eigenvalue weighted by molar-refractivity contribution is 9.13. The smallest absolute Gasteiger partial charge is 0.282 e. The van der Waals surface area contributed by atoms with E-state index in [1.54, 1.807) is 4.90 Å². The molecule has 0 N–H and O–H groups in total. The molecule has 1 saturated heterocycles. The van der Waals surface area contributed by atoms with E-state index >= 15 is 0 Å². The molecule has 1 amide bonds. The molecule has 0 unspecified atom stereocenters. The van der Waals surface area contributed by atoms with Gasteiger partial charge in [0.1, 0.15) is 11.0 Å². The molecule has 92 valence electrons. The lowest BCUT2D eigenvalue weighted by molar-refractivity contribution is -0.131. The van der Waals surface area contributed by atoms with Gasteiger partial charge in [0.2, 0.25) is 5.91 Å². The Morgan fingerprint density at radius 2 is 2.00 bits per heavy atom. The molecule has 0 aromatic carbocycles. The number of carbonyl (C=O) groups is 1. The molecule has 2 heterocycles. The summed E-state index contributed by atoms with van der Waals surface area (Å²) in [5.41, 5.74) is -0.299. The summed E-state index contributed by atoms with van der Waals surface area (Å²) >= 11 is 6.35. The average Bonchev–Trinajstić information content (AvgIpc) is 2.83. The summed E-state index contributed by atoms with van der Waals surface area (Å²) in [6.45, 7) is 1.57. The van der Waals surface area contributed by atoms with Crippen molar-refractivity contribution in [2.45, 2.75) is 19.4 Å². The van der Waals surface area contributed by atoms with E-state index in [2.05, 4.69) is 37.0 Å². The lowest BCUT2D eigenvalue weighted by Crippen LogP contribution is -2.35. The maximum absolute atomic E-state index is 11.9. The fraction of sp³-hybridized carbons (Fsp3) is 0.500. The SMILES string of the molecule is O=C(Cn1ncc(Br)c(Br)c1=O)N1CCCC1. The fourth-order valence-corrected chi connectivity index (χ4v) is 2.32. The van der Waals surface area contributed by atoms with E-state index in [1.165, 1.54) is 10.9 Å². The molecule has 17 heavy (non-hydrogen) atoms. The molecular weight excluding hydrogens is 354 g/mol. The largest absolute Gasteiger partial charge is 0.341 e. The number of nitrogens with zero attached hydrogens (tertiary/aromatic N) is 3. The van der Waals surface area contributed by atoms with Gasteiger partial charge < -0.3 is 4.90 Å². The van der Waals surface area contributed by atoms with Crippen molar-refractivity contribution in [3.05, 3.63) is 25.5 Å². The zero-order valence-electron chi connectivity index (χ0n) is 9.03. The Hall–Kier alpha value is -0.690. The van der Waals surface area contributed by atoms with Crippen molar-refractivity contribution in [1.82, 2.24) is 14.7 Å². The van der Waals surface area contributed by atoms with Crippen molar-refractivity contribution in [3.8, 4) is 0 Å². The minimum Gasteiger partial charge on any atom is -0.341 e. The first-order valence-corrected chi connectivity index (χ1v) is 6.87. The van der Waals surface area contributed by atoms with E-state index in [0.29, 0.717) is 8.95 Å². The van der Waals surface area contributed by atoms with Crippen LogP contribution >= 0.6 is 31.9 Å². The van der Waals surface area contributed by atoms with E-state index in [1.807, 2.05) is 0 Å². The van der Waals surface area contributed by atoms with E-state index in [4.69, 9.17) is 0 Å². The highest BCUT2D eigenvalue weighted by Gasteiger charge is 2.19.